The van der Waals surface area contributed by atoms with E-state index in [-0.39, 0.29) is 55.9 Å². The van der Waals surface area contributed by atoms with E-state index in [4.69, 9.17) is 14.2 Å². The molecule has 11 nitrogen and oxygen atoms in total. The monoisotopic (exact) mass is 630 g/mol. The average molecular weight is 631 g/mol. The summed E-state index contributed by atoms with van der Waals surface area (Å²) >= 11 is 0. The Kier molecular flexibility index (Phi) is 12.8. The lowest BCUT2D eigenvalue weighted by molar-refractivity contribution is -0.130. The number of methoxy groups -OCH3 is 1. The van der Waals surface area contributed by atoms with Crippen LogP contribution in [0.4, 0.5) is 0 Å². The SMILES string of the molecule is COc1cccc(CCCNC(=O)[C@@H]2CCC(=O)N(C)CCOc3ccccc3C(=O)NCCCOc3ccccc3C(=O)N2)c1. The van der Waals surface area contributed by atoms with Crippen molar-refractivity contribution in [2.24, 2.45) is 0 Å². The first-order valence-electron chi connectivity index (χ1n) is 15.5. The Labute approximate surface area is 269 Å². The summed E-state index contributed by atoms with van der Waals surface area (Å²) in [7, 11) is 3.27. The van der Waals surface area contributed by atoms with Crippen LogP contribution in [0.1, 0.15) is 52.0 Å². The number of para-hydroxylation sites is 2. The zero-order valence-corrected chi connectivity index (χ0v) is 26.4. The standard InChI is InChI=1S/C35H42N4O7/c1-39-21-23-46-30-15-5-3-13-27(30)33(41)36-20-9-22-45-31-16-6-4-14-28(31)34(42)38-29(17-18-32(39)40)35(43)37-19-8-11-25-10-7-12-26(24-25)44-2/h3-7,10,12-16,24,29H,8-9,11,17-23H2,1-2H3,(H,36,41)(H,37,43)(H,38,42)/t29-/m0/s1. The second-order valence-corrected chi connectivity index (χ2v) is 10.9. The van der Waals surface area contributed by atoms with Crippen LogP contribution >= 0.6 is 0 Å². The molecule has 0 bridgehead atoms. The lowest BCUT2D eigenvalue weighted by Crippen LogP contribution is -2.47. The predicted molar refractivity (Wildman–Crippen MR) is 173 cm³/mol. The van der Waals surface area contributed by atoms with Crippen molar-refractivity contribution in [2.75, 3.05) is 47.0 Å². The molecule has 0 aliphatic carbocycles. The number of hydrogen-bond donors (Lipinski definition) is 3. The summed E-state index contributed by atoms with van der Waals surface area (Å²) in [5, 5.41) is 8.61. The van der Waals surface area contributed by atoms with E-state index in [1.165, 1.54) is 4.90 Å². The minimum Gasteiger partial charge on any atom is -0.497 e. The number of carbonyl (C=O) groups is 4. The second kappa shape index (κ2) is 17.4. The van der Waals surface area contributed by atoms with E-state index in [1.807, 2.05) is 24.3 Å². The van der Waals surface area contributed by atoms with Gasteiger partial charge in [0.2, 0.25) is 11.8 Å². The first kappa shape index (κ1) is 33.8. The van der Waals surface area contributed by atoms with Gasteiger partial charge in [0, 0.05) is 26.6 Å². The van der Waals surface area contributed by atoms with Gasteiger partial charge in [0.05, 0.1) is 31.4 Å². The minimum absolute atomic E-state index is 0.0236. The van der Waals surface area contributed by atoms with Crippen LogP contribution in [0.3, 0.4) is 0 Å². The highest BCUT2D eigenvalue weighted by Crippen LogP contribution is 2.20. The van der Waals surface area contributed by atoms with E-state index in [9.17, 15) is 19.2 Å². The van der Waals surface area contributed by atoms with Crippen molar-refractivity contribution >= 4 is 23.6 Å². The van der Waals surface area contributed by atoms with E-state index in [0.717, 1.165) is 17.7 Å². The Morgan fingerprint density at radius 2 is 1.63 bits per heavy atom. The number of aryl methyl sites for hydroxylation is 1. The third kappa shape index (κ3) is 9.98. The van der Waals surface area contributed by atoms with Crippen molar-refractivity contribution in [3.63, 3.8) is 0 Å². The molecular formula is C35H42N4O7. The van der Waals surface area contributed by atoms with Gasteiger partial charge in [-0.2, -0.15) is 0 Å². The van der Waals surface area contributed by atoms with E-state index < -0.39 is 11.9 Å². The van der Waals surface area contributed by atoms with Crippen molar-refractivity contribution < 1.29 is 33.4 Å². The lowest BCUT2D eigenvalue weighted by Gasteiger charge is -2.22. The highest BCUT2D eigenvalue weighted by Gasteiger charge is 2.25. The molecule has 46 heavy (non-hydrogen) atoms. The normalized spacial score (nSPS) is 16.8. The summed E-state index contributed by atoms with van der Waals surface area (Å²) in [6.45, 7) is 1.43. The number of fused-ring (bicyclic) bond motifs is 2. The molecular weight excluding hydrogens is 588 g/mol. The predicted octanol–water partition coefficient (Wildman–Crippen LogP) is 3.37. The molecule has 0 aromatic heterocycles. The molecule has 4 rings (SSSR count). The smallest absolute Gasteiger partial charge is 0.255 e. The Balaban J connectivity index is 1.45. The summed E-state index contributed by atoms with van der Waals surface area (Å²) in [6, 6.07) is 20.5. The van der Waals surface area contributed by atoms with E-state index >= 15 is 0 Å². The van der Waals surface area contributed by atoms with Crippen LogP contribution in [0, 0.1) is 0 Å². The van der Waals surface area contributed by atoms with Crippen molar-refractivity contribution in [1.82, 2.24) is 20.9 Å². The van der Waals surface area contributed by atoms with Gasteiger partial charge in [-0.3, -0.25) is 19.2 Å². The maximum Gasteiger partial charge on any atom is 0.255 e. The molecule has 1 heterocycles. The molecule has 3 N–H and O–H groups in total. The molecule has 244 valence electrons. The minimum atomic E-state index is -0.946. The molecule has 4 amide bonds. The molecule has 1 aliphatic heterocycles. The van der Waals surface area contributed by atoms with E-state index in [2.05, 4.69) is 16.0 Å². The molecule has 3 aromatic rings. The van der Waals surface area contributed by atoms with Gasteiger partial charge >= 0.3 is 0 Å². The Bertz CT molecular complexity index is 1500. The van der Waals surface area contributed by atoms with Gasteiger partial charge in [-0.25, -0.2) is 0 Å². The van der Waals surface area contributed by atoms with Crippen LogP contribution in [-0.2, 0) is 16.0 Å². The summed E-state index contributed by atoms with van der Waals surface area (Å²) < 4.78 is 17.1. The summed E-state index contributed by atoms with van der Waals surface area (Å²) in [6.07, 6.45) is 2.04. The molecule has 0 fully saturated rings. The Morgan fingerprint density at radius 1 is 0.935 bits per heavy atom. The molecule has 1 aliphatic rings. The number of amides is 4. The van der Waals surface area contributed by atoms with Gasteiger partial charge in [0.25, 0.3) is 11.8 Å². The van der Waals surface area contributed by atoms with E-state index in [0.29, 0.717) is 43.0 Å². The van der Waals surface area contributed by atoms with Gasteiger partial charge in [-0.05, 0) is 67.6 Å². The zero-order chi connectivity index (χ0) is 32.7. The first-order valence-corrected chi connectivity index (χ1v) is 15.5. The van der Waals surface area contributed by atoms with Gasteiger partial charge in [0.1, 0.15) is 29.9 Å². The number of carbonyl (C=O) groups excluding carboxylic acids is 4. The third-order valence-corrected chi connectivity index (χ3v) is 7.58. The molecule has 0 saturated carbocycles. The fourth-order valence-corrected chi connectivity index (χ4v) is 4.95. The number of likely N-dealkylation sites (N-methyl/N-ethyl adjacent to an activating group) is 1. The largest absolute Gasteiger partial charge is 0.497 e. The van der Waals surface area contributed by atoms with Crippen LogP contribution in [0.5, 0.6) is 17.2 Å². The van der Waals surface area contributed by atoms with Crippen molar-refractivity contribution in [1.29, 1.82) is 0 Å². The van der Waals surface area contributed by atoms with Gasteiger partial charge in [-0.15, -0.1) is 0 Å². The summed E-state index contributed by atoms with van der Waals surface area (Å²) in [5.41, 5.74) is 1.75. The van der Waals surface area contributed by atoms with Crippen molar-refractivity contribution in [2.45, 2.75) is 38.1 Å². The van der Waals surface area contributed by atoms with Crippen LogP contribution < -0.4 is 30.2 Å². The van der Waals surface area contributed by atoms with E-state index in [1.54, 1.807) is 62.7 Å². The fraction of sp³-hybridized carbons (Fsp3) is 0.371. The molecule has 0 radical (unpaired) electrons. The number of benzene rings is 3. The quantitative estimate of drug-likeness (QED) is 0.356. The van der Waals surface area contributed by atoms with Crippen LogP contribution in [-0.4, -0.2) is 81.6 Å². The average Bonchev–Trinajstić information content (AvgIpc) is 3.08. The number of rotatable bonds is 6. The van der Waals surface area contributed by atoms with Gasteiger partial charge < -0.3 is 35.1 Å². The zero-order valence-electron chi connectivity index (χ0n) is 26.4. The maximum absolute atomic E-state index is 13.4. The Morgan fingerprint density at radius 3 is 2.37 bits per heavy atom. The van der Waals surface area contributed by atoms with Crippen LogP contribution in [0.2, 0.25) is 0 Å². The van der Waals surface area contributed by atoms with Gasteiger partial charge in [0.15, 0.2) is 0 Å². The first-order chi connectivity index (χ1) is 22.4. The Hall–Kier alpha value is -5.06. The highest BCUT2D eigenvalue weighted by molar-refractivity contribution is 6.00. The van der Waals surface area contributed by atoms with Crippen LogP contribution in [0.25, 0.3) is 0 Å². The molecule has 11 heteroatoms. The number of hydrogen-bond acceptors (Lipinski definition) is 7. The number of nitrogens with zero attached hydrogens (tertiary/aromatic N) is 1. The number of ether oxygens (including phenoxy) is 3. The molecule has 3 aromatic carbocycles. The van der Waals surface area contributed by atoms with Crippen molar-refractivity contribution in [3.05, 3.63) is 89.5 Å². The molecule has 0 saturated heterocycles. The third-order valence-electron chi connectivity index (χ3n) is 7.58. The number of nitrogens with one attached hydrogen (secondary N) is 3. The molecule has 0 unspecified atom stereocenters. The fourth-order valence-electron chi connectivity index (χ4n) is 4.95. The molecule has 0 spiro atoms. The summed E-state index contributed by atoms with van der Waals surface area (Å²) in [4.78, 5) is 54.1. The second-order valence-electron chi connectivity index (χ2n) is 10.9. The highest BCUT2D eigenvalue weighted by atomic mass is 16.5. The van der Waals surface area contributed by atoms with Crippen LogP contribution in [0.15, 0.2) is 72.8 Å². The topological polar surface area (TPSA) is 135 Å². The molecule has 1 atom stereocenters. The summed E-state index contributed by atoms with van der Waals surface area (Å²) in [5.74, 6) is 0.205. The maximum atomic E-state index is 13.4. The van der Waals surface area contributed by atoms with Crippen molar-refractivity contribution in [3.8, 4) is 17.2 Å². The lowest BCUT2D eigenvalue weighted by atomic mass is 10.1. The van der Waals surface area contributed by atoms with Gasteiger partial charge in [-0.1, -0.05) is 36.4 Å².